The van der Waals surface area contributed by atoms with Crippen LogP contribution in [0.25, 0.3) is 0 Å². The van der Waals surface area contributed by atoms with Gasteiger partial charge >= 0.3 is 14.1 Å². The Labute approximate surface area is 141 Å². The molecule has 0 aromatic heterocycles. The Balaban J connectivity index is 1.91. The Kier molecular flexibility index (Phi) is 6.30. The zero-order valence-electron chi connectivity index (χ0n) is 13.1. The zero-order chi connectivity index (χ0) is 17.4. The molecular weight excluding hydrogens is 327 g/mol. The summed E-state index contributed by atoms with van der Waals surface area (Å²) in [5.41, 5.74) is 0.946. The van der Waals surface area contributed by atoms with E-state index in [1.54, 1.807) is 48.5 Å². The normalized spacial score (nSPS) is 10.4. The second-order valence-electron chi connectivity index (χ2n) is 4.74. The van der Waals surface area contributed by atoms with Gasteiger partial charge in [-0.1, -0.05) is 6.92 Å². The highest BCUT2D eigenvalue weighted by molar-refractivity contribution is 7.35. The van der Waals surface area contributed by atoms with E-state index in [-0.39, 0.29) is 5.97 Å². The van der Waals surface area contributed by atoms with Crippen LogP contribution in [0.5, 0.6) is 11.5 Å². The standard InChI is InChI=1S/C17H16N2O4P/c1-2-11-21-17(20)14-5-9-16(10-6-14)23-24(19)22-15-7-3-13(12-18)4-8-15/h3-10,19H,2,11H2,1H3/q+1. The minimum absolute atomic E-state index is 0.382. The van der Waals surface area contributed by atoms with Crippen LogP contribution >= 0.6 is 8.17 Å². The summed E-state index contributed by atoms with van der Waals surface area (Å²) >= 11 is 0. The highest BCUT2D eigenvalue weighted by atomic mass is 31.1. The summed E-state index contributed by atoms with van der Waals surface area (Å²) in [5.74, 6) is 0.497. The monoisotopic (exact) mass is 343 g/mol. The van der Waals surface area contributed by atoms with E-state index in [0.29, 0.717) is 29.2 Å². The van der Waals surface area contributed by atoms with E-state index in [9.17, 15) is 4.79 Å². The number of nitrogens with zero attached hydrogens (tertiary/aromatic N) is 1. The molecule has 0 radical (unpaired) electrons. The molecule has 24 heavy (non-hydrogen) atoms. The molecule has 1 unspecified atom stereocenters. The minimum Gasteiger partial charge on any atom is -0.462 e. The average molecular weight is 343 g/mol. The van der Waals surface area contributed by atoms with E-state index >= 15 is 0 Å². The molecule has 0 amide bonds. The predicted octanol–water partition coefficient (Wildman–Crippen LogP) is 4.66. The van der Waals surface area contributed by atoms with E-state index in [4.69, 9.17) is 24.2 Å². The lowest BCUT2D eigenvalue weighted by Gasteiger charge is -2.02. The van der Waals surface area contributed by atoms with Crippen molar-refractivity contribution in [3.05, 3.63) is 59.7 Å². The van der Waals surface area contributed by atoms with E-state index < -0.39 is 8.17 Å². The van der Waals surface area contributed by atoms with Crippen LogP contribution in [-0.2, 0) is 4.74 Å². The molecule has 6 nitrogen and oxygen atoms in total. The molecule has 122 valence electrons. The lowest BCUT2D eigenvalue weighted by Crippen LogP contribution is -2.05. The fourth-order valence-corrected chi connectivity index (χ4v) is 2.39. The molecule has 0 fully saturated rings. The molecule has 1 N–H and O–H groups in total. The lowest BCUT2D eigenvalue weighted by molar-refractivity contribution is 0.0505. The van der Waals surface area contributed by atoms with Gasteiger partial charge in [-0.2, -0.15) is 5.26 Å². The van der Waals surface area contributed by atoms with Crippen LogP contribution in [0.3, 0.4) is 0 Å². The fourth-order valence-electron chi connectivity index (χ4n) is 1.73. The molecule has 0 aliphatic carbocycles. The predicted molar refractivity (Wildman–Crippen MR) is 89.1 cm³/mol. The molecule has 2 rings (SSSR count). The van der Waals surface area contributed by atoms with Gasteiger partial charge in [-0.15, -0.1) is 0 Å². The Morgan fingerprint density at radius 3 is 2.12 bits per heavy atom. The summed E-state index contributed by atoms with van der Waals surface area (Å²) in [6, 6.07) is 14.8. The first kappa shape index (κ1) is 17.5. The summed E-state index contributed by atoms with van der Waals surface area (Å²) in [7, 11) is -1.93. The van der Waals surface area contributed by atoms with Gasteiger partial charge in [-0.05, 0) is 60.1 Å². The molecule has 1 atom stereocenters. The van der Waals surface area contributed by atoms with Crippen LogP contribution in [0, 0.1) is 16.5 Å². The largest absolute Gasteiger partial charge is 0.664 e. The van der Waals surface area contributed by atoms with Crippen molar-refractivity contribution in [2.45, 2.75) is 13.3 Å². The van der Waals surface area contributed by atoms with Gasteiger partial charge in [0.15, 0.2) is 11.5 Å². The summed E-state index contributed by atoms with van der Waals surface area (Å²) in [6.07, 6.45) is 0.767. The summed E-state index contributed by atoms with van der Waals surface area (Å²) in [6.45, 7) is 2.31. The third-order valence-corrected chi connectivity index (χ3v) is 3.64. The zero-order valence-corrected chi connectivity index (χ0v) is 14.0. The second kappa shape index (κ2) is 8.66. The van der Waals surface area contributed by atoms with E-state index in [2.05, 4.69) is 0 Å². The number of nitrogens with one attached hydrogen (secondary N) is 1. The number of carbonyl (C=O) groups excluding carboxylic acids is 1. The van der Waals surface area contributed by atoms with Crippen molar-refractivity contribution < 1.29 is 18.6 Å². The third-order valence-electron chi connectivity index (χ3n) is 2.89. The van der Waals surface area contributed by atoms with Crippen molar-refractivity contribution in [1.29, 1.82) is 10.4 Å². The van der Waals surface area contributed by atoms with Gasteiger partial charge in [-0.3, -0.25) is 0 Å². The van der Waals surface area contributed by atoms with Crippen molar-refractivity contribution >= 4 is 14.1 Å². The molecular formula is C17H16N2O4P+. The van der Waals surface area contributed by atoms with Gasteiger partial charge in [0.2, 0.25) is 0 Å². The van der Waals surface area contributed by atoms with Crippen molar-refractivity contribution in [3.8, 4) is 17.6 Å². The van der Waals surface area contributed by atoms with Crippen LogP contribution in [0.2, 0.25) is 0 Å². The molecule has 2 aromatic carbocycles. The van der Waals surface area contributed by atoms with Gasteiger partial charge in [0.1, 0.15) is 0 Å². The van der Waals surface area contributed by atoms with Crippen molar-refractivity contribution in [3.63, 3.8) is 0 Å². The smallest absolute Gasteiger partial charge is 0.462 e. The maximum Gasteiger partial charge on any atom is 0.664 e. The summed E-state index contributed by atoms with van der Waals surface area (Å²) in [5, 5.41) is 16.6. The van der Waals surface area contributed by atoms with Gasteiger partial charge in [0.05, 0.1) is 23.8 Å². The number of hydrogen-bond donors (Lipinski definition) is 1. The molecule has 0 saturated heterocycles. The SMILES string of the molecule is CCCOC(=O)c1ccc(O[P+](=N)Oc2ccc(C#N)cc2)cc1. The highest BCUT2D eigenvalue weighted by Gasteiger charge is 2.18. The molecule has 0 aliphatic rings. The van der Waals surface area contributed by atoms with Crippen molar-refractivity contribution in [2.75, 3.05) is 6.61 Å². The number of hydrogen-bond acceptors (Lipinski definition) is 6. The number of nitriles is 1. The molecule has 0 aliphatic heterocycles. The molecule has 2 aromatic rings. The first-order valence-corrected chi connectivity index (χ1v) is 8.44. The number of esters is 1. The van der Waals surface area contributed by atoms with Gasteiger partial charge in [-0.25, -0.2) is 13.8 Å². The average Bonchev–Trinajstić information content (AvgIpc) is 2.61. The summed E-state index contributed by atoms with van der Waals surface area (Å²) in [4.78, 5) is 11.7. The highest BCUT2D eigenvalue weighted by Crippen LogP contribution is 2.31. The van der Waals surface area contributed by atoms with Gasteiger partial charge in [0.25, 0.3) is 0 Å². The van der Waals surface area contributed by atoms with Crippen molar-refractivity contribution in [1.82, 2.24) is 0 Å². The maximum absolute atomic E-state index is 11.7. The number of carbonyl (C=O) groups is 1. The number of ether oxygens (including phenoxy) is 1. The Bertz CT molecular complexity index is 752. The van der Waals surface area contributed by atoms with Crippen LogP contribution in [0.1, 0.15) is 29.3 Å². The molecule has 0 bridgehead atoms. The molecule has 0 saturated carbocycles. The van der Waals surface area contributed by atoms with E-state index in [1.807, 2.05) is 13.0 Å². The maximum atomic E-state index is 11.7. The van der Waals surface area contributed by atoms with E-state index in [1.165, 1.54) is 0 Å². The minimum atomic E-state index is -1.93. The third kappa shape index (κ3) is 5.08. The first-order valence-electron chi connectivity index (χ1n) is 7.27. The quantitative estimate of drug-likeness (QED) is 0.583. The molecule has 7 heteroatoms. The fraction of sp³-hybridized carbons (Fsp3) is 0.176. The van der Waals surface area contributed by atoms with E-state index in [0.717, 1.165) is 6.42 Å². The van der Waals surface area contributed by atoms with Crippen LogP contribution < -0.4 is 9.05 Å². The van der Waals surface area contributed by atoms with Crippen molar-refractivity contribution in [2.24, 2.45) is 0 Å². The van der Waals surface area contributed by atoms with Crippen LogP contribution in [0.4, 0.5) is 0 Å². The van der Waals surface area contributed by atoms with Gasteiger partial charge < -0.3 is 4.74 Å². The summed E-state index contributed by atoms with van der Waals surface area (Å²) < 4.78 is 15.8. The van der Waals surface area contributed by atoms with Crippen LogP contribution in [0.15, 0.2) is 48.5 Å². The first-order chi connectivity index (χ1) is 11.6. The Morgan fingerprint density at radius 1 is 1.08 bits per heavy atom. The number of benzene rings is 2. The molecule has 0 heterocycles. The van der Waals surface area contributed by atoms with Crippen LogP contribution in [-0.4, -0.2) is 12.6 Å². The topological polar surface area (TPSA) is 92.4 Å². The Hall–Kier alpha value is -2.90. The second-order valence-corrected chi connectivity index (χ2v) is 5.62. The lowest BCUT2D eigenvalue weighted by atomic mass is 10.2. The Morgan fingerprint density at radius 2 is 1.62 bits per heavy atom. The molecule has 0 spiro atoms. The number of rotatable bonds is 7. The van der Waals surface area contributed by atoms with Gasteiger partial charge in [0, 0.05) is 0 Å².